The van der Waals surface area contributed by atoms with Gasteiger partial charge >= 0.3 is 0 Å². The summed E-state index contributed by atoms with van der Waals surface area (Å²) in [7, 11) is 0. The van der Waals surface area contributed by atoms with Crippen molar-refractivity contribution in [1.29, 1.82) is 0 Å². The Morgan fingerprint density at radius 3 is 2.71 bits per heavy atom. The fraction of sp³-hybridized carbons (Fsp3) is 0.312. The molecular formula is C16H16N4O3S. The van der Waals surface area contributed by atoms with E-state index < -0.39 is 0 Å². The third-order valence-electron chi connectivity index (χ3n) is 3.57. The lowest BCUT2D eigenvalue weighted by Gasteiger charge is -2.14. The molecule has 0 radical (unpaired) electrons. The molecule has 1 N–H and O–H groups in total. The Kier molecular flexibility index (Phi) is 4.66. The zero-order valence-electron chi connectivity index (χ0n) is 13.1. The van der Waals surface area contributed by atoms with Crippen LogP contribution in [0.1, 0.15) is 41.6 Å². The van der Waals surface area contributed by atoms with E-state index in [-0.39, 0.29) is 30.6 Å². The number of rotatable bonds is 5. The van der Waals surface area contributed by atoms with Gasteiger partial charge in [0.25, 0.3) is 5.91 Å². The topological polar surface area (TPSA) is 92.3 Å². The Morgan fingerprint density at radius 1 is 1.25 bits per heavy atom. The van der Waals surface area contributed by atoms with Crippen LogP contribution >= 0.6 is 11.3 Å². The standard InChI is InChI=1S/C16H16N4O3S/c1-2-4-12-18-19-16(24-12)17-15(23)10-5-3-6-11(9-10)20-13(21)7-8-14(20)22/h3,5-6,9H,2,4,7-8H2,1H3,(H,17,19,23). The molecule has 0 saturated carbocycles. The van der Waals surface area contributed by atoms with E-state index in [0.717, 1.165) is 22.7 Å². The van der Waals surface area contributed by atoms with Crippen molar-refractivity contribution in [2.45, 2.75) is 32.6 Å². The van der Waals surface area contributed by atoms with Gasteiger partial charge in [-0.1, -0.05) is 24.3 Å². The number of nitrogens with zero attached hydrogens (tertiary/aromatic N) is 3. The van der Waals surface area contributed by atoms with Gasteiger partial charge in [0.1, 0.15) is 5.01 Å². The average Bonchev–Trinajstić information content (AvgIpc) is 3.14. The van der Waals surface area contributed by atoms with Gasteiger partial charge in [-0.3, -0.25) is 24.6 Å². The molecule has 124 valence electrons. The summed E-state index contributed by atoms with van der Waals surface area (Å²) in [6.45, 7) is 2.05. The summed E-state index contributed by atoms with van der Waals surface area (Å²) in [5.41, 5.74) is 0.770. The number of amides is 3. The van der Waals surface area contributed by atoms with E-state index in [1.807, 2.05) is 6.92 Å². The molecule has 3 rings (SSSR count). The van der Waals surface area contributed by atoms with E-state index in [4.69, 9.17) is 0 Å². The molecule has 1 aliphatic heterocycles. The normalized spacial score (nSPS) is 14.3. The van der Waals surface area contributed by atoms with Gasteiger partial charge in [0.05, 0.1) is 5.69 Å². The van der Waals surface area contributed by atoms with Crippen LogP contribution in [0.15, 0.2) is 24.3 Å². The molecule has 2 heterocycles. The summed E-state index contributed by atoms with van der Waals surface area (Å²) >= 11 is 1.34. The third kappa shape index (κ3) is 3.33. The van der Waals surface area contributed by atoms with Crippen molar-refractivity contribution in [3.05, 3.63) is 34.8 Å². The highest BCUT2D eigenvalue weighted by atomic mass is 32.1. The molecule has 0 bridgehead atoms. The number of hydrogen-bond donors (Lipinski definition) is 1. The number of aryl methyl sites for hydroxylation is 1. The number of imide groups is 1. The first-order chi connectivity index (χ1) is 11.6. The van der Waals surface area contributed by atoms with Gasteiger partial charge in [0.15, 0.2) is 0 Å². The van der Waals surface area contributed by atoms with Crippen LogP contribution in [0.2, 0.25) is 0 Å². The molecule has 7 nitrogen and oxygen atoms in total. The molecule has 8 heteroatoms. The van der Waals surface area contributed by atoms with E-state index in [9.17, 15) is 14.4 Å². The van der Waals surface area contributed by atoms with Crippen molar-refractivity contribution < 1.29 is 14.4 Å². The number of anilines is 2. The minimum atomic E-state index is -0.352. The average molecular weight is 344 g/mol. The second-order valence-electron chi connectivity index (χ2n) is 5.38. The lowest BCUT2D eigenvalue weighted by atomic mass is 10.2. The van der Waals surface area contributed by atoms with Crippen LogP contribution in [0.3, 0.4) is 0 Å². The van der Waals surface area contributed by atoms with Gasteiger partial charge in [-0.25, -0.2) is 0 Å². The van der Waals surface area contributed by atoms with E-state index >= 15 is 0 Å². The summed E-state index contributed by atoms with van der Waals surface area (Å²) in [5, 5.41) is 11.9. The second kappa shape index (κ2) is 6.88. The van der Waals surface area contributed by atoms with Crippen molar-refractivity contribution in [3.8, 4) is 0 Å². The molecule has 24 heavy (non-hydrogen) atoms. The first-order valence-corrected chi connectivity index (χ1v) is 8.49. The smallest absolute Gasteiger partial charge is 0.257 e. The van der Waals surface area contributed by atoms with Crippen molar-refractivity contribution in [1.82, 2.24) is 10.2 Å². The van der Waals surface area contributed by atoms with Gasteiger partial charge in [0, 0.05) is 24.8 Å². The van der Waals surface area contributed by atoms with Crippen LogP contribution in [0, 0.1) is 0 Å². The van der Waals surface area contributed by atoms with E-state index in [2.05, 4.69) is 15.5 Å². The lowest BCUT2D eigenvalue weighted by molar-refractivity contribution is -0.121. The molecular weight excluding hydrogens is 328 g/mol. The van der Waals surface area contributed by atoms with Crippen molar-refractivity contribution in [2.24, 2.45) is 0 Å². The fourth-order valence-corrected chi connectivity index (χ4v) is 3.28. The Labute approximate surface area is 142 Å². The number of carbonyl (C=O) groups is 3. The molecule has 1 aromatic heterocycles. The molecule has 2 aromatic rings. The fourth-order valence-electron chi connectivity index (χ4n) is 2.44. The van der Waals surface area contributed by atoms with Gasteiger partial charge in [-0.15, -0.1) is 10.2 Å². The predicted molar refractivity (Wildman–Crippen MR) is 90.0 cm³/mol. The number of benzene rings is 1. The zero-order valence-corrected chi connectivity index (χ0v) is 13.9. The zero-order chi connectivity index (χ0) is 17.1. The Bertz CT molecular complexity index is 786. The molecule has 0 atom stereocenters. The molecule has 0 unspecified atom stereocenters. The van der Waals surface area contributed by atoms with Crippen molar-refractivity contribution in [2.75, 3.05) is 10.2 Å². The minimum absolute atomic E-state index is 0.209. The second-order valence-corrected chi connectivity index (χ2v) is 6.44. The highest BCUT2D eigenvalue weighted by Gasteiger charge is 2.30. The molecule has 1 fully saturated rings. The van der Waals surface area contributed by atoms with Crippen molar-refractivity contribution >= 4 is 39.9 Å². The third-order valence-corrected chi connectivity index (χ3v) is 4.47. The number of carbonyl (C=O) groups excluding carboxylic acids is 3. The molecule has 3 amide bonds. The summed E-state index contributed by atoms with van der Waals surface area (Å²) in [4.78, 5) is 37.1. The first-order valence-electron chi connectivity index (χ1n) is 7.68. The highest BCUT2D eigenvalue weighted by Crippen LogP contribution is 2.24. The maximum atomic E-state index is 12.4. The van der Waals surface area contributed by atoms with Gasteiger partial charge in [-0.2, -0.15) is 0 Å². The lowest BCUT2D eigenvalue weighted by Crippen LogP contribution is -2.28. The van der Waals surface area contributed by atoms with Crippen LogP contribution in [-0.2, 0) is 16.0 Å². The largest absolute Gasteiger partial charge is 0.296 e. The maximum Gasteiger partial charge on any atom is 0.257 e. The summed E-state index contributed by atoms with van der Waals surface area (Å²) in [6.07, 6.45) is 2.20. The number of aromatic nitrogens is 2. The van der Waals surface area contributed by atoms with Gasteiger partial charge in [-0.05, 0) is 24.6 Å². The Morgan fingerprint density at radius 2 is 2.00 bits per heavy atom. The first kappa shape index (κ1) is 16.3. The van der Waals surface area contributed by atoms with Crippen molar-refractivity contribution in [3.63, 3.8) is 0 Å². The molecule has 1 aromatic carbocycles. The van der Waals surface area contributed by atoms with Crippen LogP contribution in [0.4, 0.5) is 10.8 Å². The molecule has 1 saturated heterocycles. The van der Waals surface area contributed by atoms with E-state index in [1.54, 1.807) is 18.2 Å². The van der Waals surface area contributed by atoms with E-state index in [0.29, 0.717) is 16.4 Å². The molecule has 1 aliphatic rings. The predicted octanol–water partition coefficient (Wildman–Crippen LogP) is 2.40. The van der Waals surface area contributed by atoms with Crippen LogP contribution in [-0.4, -0.2) is 27.9 Å². The number of hydrogen-bond acceptors (Lipinski definition) is 6. The summed E-state index contributed by atoms with van der Waals surface area (Å²) < 4.78 is 0. The Hall–Kier alpha value is -2.61. The summed E-state index contributed by atoms with van der Waals surface area (Å²) in [5.74, 6) is -0.841. The monoisotopic (exact) mass is 344 g/mol. The van der Waals surface area contributed by atoms with Crippen LogP contribution in [0.5, 0.6) is 0 Å². The molecule has 0 spiro atoms. The molecule has 0 aliphatic carbocycles. The number of nitrogens with one attached hydrogen (secondary N) is 1. The van der Waals surface area contributed by atoms with Crippen LogP contribution in [0.25, 0.3) is 0 Å². The minimum Gasteiger partial charge on any atom is -0.296 e. The van der Waals surface area contributed by atoms with Crippen LogP contribution < -0.4 is 10.2 Å². The SMILES string of the molecule is CCCc1nnc(NC(=O)c2cccc(N3C(=O)CCC3=O)c2)s1. The van der Waals surface area contributed by atoms with Gasteiger partial charge < -0.3 is 0 Å². The van der Waals surface area contributed by atoms with E-state index in [1.165, 1.54) is 17.4 Å². The quantitative estimate of drug-likeness (QED) is 0.841. The summed E-state index contributed by atoms with van der Waals surface area (Å²) in [6, 6.07) is 6.44. The maximum absolute atomic E-state index is 12.4. The van der Waals surface area contributed by atoms with Gasteiger partial charge in [0.2, 0.25) is 16.9 Å². The highest BCUT2D eigenvalue weighted by molar-refractivity contribution is 7.15. The Balaban J connectivity index is 1.76.